The normalized spacial score (nSPS) is 18.8. The highest BCUT2D eigenvalue weighted by atomic mass is 16.5. The second kappa shape index (κ2) is 9.22. The van der Waals surface area contributed by atoms with Crippen LogP contribution in [0.1, 0.15) is 25.8 Å². The molecule has 1 aliphatic heterocycles. The largest absolute Gasteiger partial charge is 0.372 e. The number of carbonyl (C=O) groups excluding carboxylic acids is 1. The Bertz CT molecular complexity index is 1100. The zero-order valence-electron chi connectivity index (χ0n) is 17.7. The van der Waals surface area contributed by atoms with Crippen molar-refractivity contribution in [3.63, 3.8) is 0 Å². The first kappa shape index (κ1) is 20.9. The van der Waals surface area contributed by atoms with E-state index in [1.807, 2.05) is 12.1 Å². The van der Waals surface area contributed by atoms with Gasteiger partial charge in [0.05, 0.1) is 24.1 Å². The molecule has 1 fully saturated rings. The van der Waals surface area contributed by atoms with Crippen LogP contribution in [-0.4, -0.2) is 51.2 Å². The van der Waals surface area contributed by atoms with E-state index in [1.54, 1.807) is 30.5 Å². The minimum Gasteiger partial charge on any atom is -0.372 e. The zero-order chi connectivity index (χ0) is 21.8. The molecule has 31 heavy (non-hydrogen) atoms. The molecule has 2 aromatic heterocycles. The SMILES string of the molecule is C[C@@H]1CN(c2ccc(CNC(=O)CCn3nnc4ccccc4c3=O)cn2)C[C@H](C)O1. The summed E-state index contributed by atoms with van der Waals surface area (Å²) >= 11 is 0. The van der Waals surface area contributed by atoms with Crippen molar-refractivity contribution >= 4 is 22.6 Å². The Morgan fingerprint density at radius 2 is 1.94 bits per heavy atom. The Morgan fingerprint density at radius 3 is 2.68 bits per heavy atom. The van der Waals surface area contributed by atoms with Crippen molar-refractivity contribution in [1.29, 1.82) is 0 Å². The topological polar surface area (TPSA) is 102 Å². The van der Waals surface area contributed by atoms with Crippen molar-refractivity contribution in [2.45, 2.75) is 45.6 Å². The van der Waals surface area contributed by atoms with Crippen molar-refractivity contribution < 1.29 is 9.53 Å². The van der Waals surface area contributed by atoms with Gasteiger partial charge in [0, 0.05) is 32.3 Å². The van der Waals surface area contributed by atoms with E-state index < -0.39 is 0 Å². The maximum Gasteiger partial charge on any atom is 0.277 e. The first-order valence-corrected chi connectivity index (χ1v) is 10.4. The molecule has 0 aliphatic carbocycles. The van der Waals surface area contributed by atoms with Crippen LogP contribution in [0.25, 0.3) is 10.9 Å². The van der Waals surface area contributed by atoms with E-state index in [9.17, 15) is 9.59 Å². The number of nitrogens with one attached hydrogen (secondary N) is 1. The number of pyridine rings is 1. The number of morpholine rings is 1. The van der Waals surface area contributed by atoms with Crippen LogP contribution in [0.2, 0.25) is 0 Å². The highest BCUT2D eigenvalue weighted by Crippen LogP contribution is 2.18. The summed E-state index contributed by atoms with van der Waals surface area (Å²) in [6.07, 6.45) is 2.26. The van der Waals surface area contributed by atoms with Gasteiger partial charge in [-0.2, -0.15) is 0 Å². The van der Waals surface area contributed by atoms with Crippen LogP contribution < -0.4 is 15.8 Å². The Balaban J connectivity index is 1.29. The van der Waals surface area contributed by atoms with Crippen molar-refractivity contribution in [1.82, 2.24) is 25.3 Å². The molecule has 9 heteroatoms. The summed E-state index contributed by atoms with van der Waals surface area (Å²) in [5, 5.41) is 11.3. The van der Waals surface area contributed by atoms with Crippen LogP contribution in [0, 0.1) is 0 Å². The van der Waals surface area contributed by atoms with E-state index in [0.717, 1.165) is 24.5 Å². The number of hydrogen-bond donors (Lipinski definition) is 1. The van der Waals surface area contributed by atoms with Gasteiger partial charge in [-0.25, -0.2) is 9.67 Å². The zero-order valence-corrected chi connectivity index (χ0v) is 17.7. The van der Waals surface area contributed by atoms with Crippen molar-refractivity contribution in [2.24, 2.45) is 0 Å². The maximum absolute atomic E-state index is 12.4. The fourth-order valence-electron chi connectivity index (χ4n) is 3.74. The molecule has 0 unspecified atom stereocenters. The number of benzene rings is 1. The summed E-state index contributed by atoms with van der Waals surface area (Å²) in [6.45, 7) is 6.29. The van der Waals surface area contributed by atoms with Crippen molar-refractivity contribution in [3.8, 4) is 0 Å². The molecule has 1 aliphatic rings. The number of nitrogens with zero attached hydrogens (tertiary/aromatic N) is 5. The van der Waals surface area contributed by atoms with Crippen molar-refractivity contribution in [2.75, 3.05) is 18.0 Å². The molecule has 1 amide bonds. The smallest absolute Gasteiger partial charge is 0.277 e. The molecule has 4 rings (SSSR count). The van der Waals surface area contributed by atoms with Crippen LogP contribution in [0.4, 0.5) is 5.82 Å². The highest BCUT2D eigenvalue weighted by Gasteiger charge is 2.23. The molecule has 0 bridgehead atoms. The van der Waals surface area contributed by atoms with Gasteiger partial charge in [-0.15, -0.1) is 5.10 Å². The third-order valence-electron chi connectivity index (χ3n) is 5.22. The summed E-state index contributed by atoms with van der Waals surface area (Å²) in [4.78, 5) is 31.4. The van der Waals surface area contributed by atoms with Crippen LogP contribution in [0.5, 0.6) is 0 Å². The van der Waals surface area contributed by atoms with E-state index in [0.29, 0.717) is 17.4 Å². The average molecular weight is 422 g/mol. The average Bonchev–Trinajstić information content (AvgIpc) is 2.77. The molecule has 162 valence electrons. The number of aromatic nitrogens is 4. The van der Waals surface area contributed by atoms with Gasteiger partial charge in [0.1, 0.15) is 11.3 Å². The number of ether oxygens (including phenoxy) is 1. The molecular formula is C22H26N6O3. The monoisotopic (exact) mass is 422 g/mol. The predicted octanol–water partition coefficient (Wildman–Crippen LogP) is 1.51. The molecule has 3 heterocycles. The minimum atomic E-state index is -0.245. The summed E-state index contributed by atoms with van der Waals surface area (Å²) in [5.41, 5.74) is 1.21. The third-order valence-corrected chi connectivity index (χ3v) is 5.22. The number of fused-ring (bicyclic) bond motifs is 1. The van der Waals surface area contributed by atoms with Crippen molar-refractivity contribution in [3.05, 3.63) is 58.5 Å². The van der Waals surface area contributed by atoms with Gasteiger partial charge in [-0.1, -0.05) is 23.4 Å². The first-order chi connectivity index (χ1) is 15.0. The summed E-state index contributed by atoms with van der Waals surface area (Å²) in [7, 11) is 0. The van der Waals surface area contributed by atoms with E-state index >= 15 is 0 Å². The fraction of sp³-hybridized carbons (Fsp3) is 0.409. The summed E-state index contributed by atoms with van der Waals surface area (Å²) in [6, 6.07) is 11.0. The Labute approximate surface area is 180 Å². The lowest BCUT2D eigenvalue weighted by Crippen LogP contribution is -2.45. The lowest BCUT2D eigenvalue weighted by Gasteiger charge is -2.36. The number of rotatable bonds is 6. The number of carbonyl (C=O) groups is 1. The molecule has 0 spiro atoms. The second-order valence-electron chi connectivity index (χ2n) is 7.85. The minimum absolute atomic E-state index is 0.141. The summed E-state index contributed by atoms with van der Waals surface area (Å²) in [5.74, 6) is 0.744. The van der Waals surface area contributed by atoms with Crippen LogP contribution >= 0.6 is 0 Å². The molecular weight excluding hydrogens is 396 g/mol. The van der Waals surface area contributed by atoms with Crippen LogP contribution in [0.15, 0.2) is 47.4 Å². The van der Waals surface area contributed by atoms with Crippen LogP contribution in [-0.2, 0) is 22.6 Å². The standard InChI is InChI=1S/C22H26N6O3/c1-15-13-27(14-16(2)31-15)20-8-7-17(11-23-20)12-24-21(29)9-10-28-22(30)18-5-3-4-6-19(18)25-26-28/h3-8,11,15-16H,9-10,12-14H2,1-2H3,(H,24,29)/t15-,16+. The molecule has 1 aromatic carbocycles. The molecule has 0 saturated carbocycles. The fourth-order valence-corrected chi connectivity index (χ4v) is 3.74. The number of hydrogen-bond acceptors (Lipinski definition) is 7. The first-order valence-electron chi connectivity index (χ1n) is 10.4. The van der Waals surface area contributed by atoms with Gasteiger partial charge in [-0.05, 0) is 37.6 Å². The van der Waals surface area contributed by atoms with Gasteiger partial charge in [0.2, 0.25) is 5.91 Å². The molecule has 9 nitrogen and oxygen atoms in total. The van der Waals surface area contributed by atoms with Gasteiger partial charge < -0.3 is 15.0 Å². The lowest BCUT2D eigenvalue weighted by atomic mass is 10.2. The molecule has 1 N–H and O–H groups in total. The van der Waals surface area contributed by atoms with E-state index in [-0.39, 0.29) is 36.6 Å². The molecule has 2 atom stereocenters. The highest BCUT2D eigenvalue weighted by molar-refractivity contribution is 5.77. The summed E-state index contributed by atoms with van der Waals surface area (Å²) < 4.78 is 6.99. The van der Waals surface area contributed by atoms with E-state index in [1.165, 1.54) is 4.68 Å². The van der Waals surface area contributed by atoms with Gasteiger partial charge in [0.25, 0.3) is 5.56 Å². The Morgan fingerprint density at radius 1 is 1.16 bits per heavy atom. The third kappa shape index (κ3) is 5.05. The van der Waals surface area contributed by atoms with Gasteiger partial charge >= 0.3 is 0 Å². The Kier molecular flexibility index (Phi) is 6.22. The number of aryl methyl sites for hydroxylation is 1. The maximum atomic E-state index is 12.4. The van der Waals surface area contributed by atoms with Gasteiger partial charge in [0.15, 0.2) is 0 Å². The molecule has 0 radical (unpaired) electrons. The molecule has 1 saturated heterocycles. The molecule has 3 aromatic rings. The van der Waals surface area contributed by atoms with Gasteiger partial charge in [-0.3, -0.25) is 9.59 Å². The van der Waals surface area contributed by atoms with E-state index in [2.05, 4.69) is 39.4 Å². The second-order valence-corrected chi connectivity index (χ2v) is 7.85. The number of amides is 1. The Hall–Kier alpha value is -3.33. The predicted molar refractivity (Wildman–Crippen MR) is 117 cm³/mol. The lowest BCUT2D eigenvalue weighted by molar-refractivity contribution is -0.121. The van der Waals surface area contributed by atoms with Crippen LogP contribution in [0.3, 0.4) is 0 Å². The number of anilines is 1. The van der Waals surface area contributed by atoms with E-state index in [4.69, 9.17) is 4.74 Å². The quantitative estimate of drug-likeness (QED) is 0.642.